The molecule has 1 saturated carbocycles. The molecule has 0 saturated heterocycles. The van der Waals surface area contributed by atoms with Gasteiger partial charge in [-0.25, -0.2) is 4.39 Å². The van der Waals surface area contributed by atoms with Gasteiger partial charge in [0.15, 0.2) is 0 Å². The van der Waals surface area contributed by atoms with Crippen LogP contribution in [-0.4, -0.2) is 44.2 Å². The van der Waals surface area contributed by atoms with E-state index in [0.29, 0.717) is 36.6 Å². The van der Waals surface area contributed by atoms with Gasteiger partial charge in [-0.15, -0.1) is 0 Å². The fourth-order valence-corrected chi connectivity index (χ4v) is 2.37. The van der Waals surface area contributed by atoms with E-state index in [1.165, 1.54) is 12.1 Å². The second-order valence-electron chi connectivity index (χ2n) is 5.49. The van der Waals surface area contributed by atoms with E-state index in [0.717, 1.165) is 12.8 Å². The zero-order chi connectivity index (χ0) is 16.2. The maximum absolute atomic E-state index is 12.9. The minimum Gasteiger partial charge on any atom is -0.395 e. The summed E-state index contributed by atoms with van der Waals surface area (Å²) in [4.78, 5) is 14.7. The number of nitrogens with zero attached hydrogens (tertiary/aromatic N) is 4. The highest BCUT2D eigenvalue weighted by Gasteiger charge is 2.29. The van der Waals surface area contributed by atoms with Crippen molar-refractivity contribution in [3.05, 3.63) is 35.9 Å². The Hall–Kier alpha value is -2.32. The third-order valence-electron chi connectivity index (χ3n) is 3.59. The third-order valence-corrected chi connectivity index (χ3v) is 3.59. The molecule has 122 valence electrons. The average Bonchev–Trinajstić information content (AvgIpc) is 3.33. The molecular weight excluding hydrogens is 299 g/mol. The van der Waals surface area contributed by atoms with Crippen molar-refractivity contribution in [1.29, 1.82) is 0 Å². The highest BCUT2D eigenvalue weighted by atomic mass is 19.1. The number of benzene rings is 1. The minimum absolute atomic E-state index is 0.0950. The van der Waals surface area contributed by atoms with Crippen LogP contribution in [0.25, 0.3) is 0 Å². The molecule has 1 aromatic carbocycles. The SMILES string of the molecule is Nc1nc(CN(CCO)C2CC2)nc(Nc2ccc(F)cc2)n1. The molecule has 1 aliphatic rings. The van der Waals surface area contributed by atoms with E-state index in [2.05, 4.69) is 25.2 Å². The summed E-state index contributed by atoms with van der Waals surface area (Å²) in [5, 5.41) is 12.1. The topological polar surface area (TPSA) is 100 Å². The summed E-state index contributed by atoms with van der Waals surface area (Å²) in [5.41, 5.74) is 6.41. The van der Waals surface area contributed by atoms with Gasteiger partial charge >= 0.3 is 0 Å². The molecule has 4 N–H and O–H groups in total. The number of hydrogen-bond donors (Lipinski definition) is 3. The number of aliphatic hydroxyl groups is 1. The summed E-state index contributed by atoms with van der Waals surface area (Å²) in [5.74, 6) is 0.677. The van der Waals surface area contributed by atoms with Crippen molar-refractivity contribution in [2.24, 2.45) is 0 Å². The molecule has 0 radical (unpaired) electrons. The Morgan fingerprint density at radius 3 is 2.61 bits per heavy atom. The molecule has 1 heterocycles. The Balaban J connectivity index is 1.74. The van der Waals surface area contributed by atoms with Crippen molar-refractivity contribution < 1.29 is 9.50 Å². The summed E-state index contributed by atoms with van der Waals surface area (Å²) < 4.78 is 12.9. The van der Waals surface area contributed by atoms with Crippen LogP contribution >= 0.6 is 0 Å². The van der Waals surface area contributed by atoms with Gasteiger partial charge in [0.25, 0.3) is 0 Å². The molecule has 7 nitrogen and oxygen atoms in total. The lowest BCUT2D eigenvalue weighted by Gasteiger charge is -2.19. The highest BCUT2D eigenvalue weighted by Crippen LogP contribution is 2.27. The molecule has 0 atom stereocenters. The van der Waals surface area contributed by atoms with Crippen molar-refractivity contribution in [2.75, 3.05) is 24.2 Å². The molecule has 23 heavy (non-hydrogen) atoms. The molecule has 1 fully saturated rings. The number of aromatic nitrogens is 3. The zero-order valence-corrected chi connectivity index (χ0v) is 12.6. The number of aliphatic hydroxyl groups excluding tert-OH is 1. The molecule has 0 spiro atoms. The summed E-state index contributed by atoms with van der Waals surface area (Å²) in [6, 6.07) is 6.37. The van der Waals surface area contributed by atoms with Crippen LogP contribution in [0.15, 0.2) is 24.3 Å². The molecule has 2 aromatic rings. The predicted molar refractivity (Wildman–Crippen MR) is 84.4 cm³/mol. The second-order valence-corrected chi connectivity index (χ2v) is 5.49. The van der Waals surface area contributed by atoms with Crippen molar-refractivity contribution >= 4 is 17.6 Å². The van der Waals surface area contributed by atoms with Gasteiger partial charge in [-0.05, 0) is 37.1 Å². The smallest absolute Gasteiger partial charge is 0.232 e. The van der Waals surface area contributed by atoms with Gasteiger partial charge in [-0.2, -0.15) is 15.0 Å². The monoisotopic (exact) mass is 318 g/mol. The third kappa shape index (κ3) is 4.33. The lowest BCUT2D eigenvalue weighted by Crippen LogP contribution is -2.29. The molecule has 0 amide bonds. The lowest BCUT2D eigenvalue weighted by molar-refractivity contribution is 0.180. The van der Waals surface area contributed by atoms with E-state index in [1.54, 1.807) is 12.1 Å². The largest absolute Gasteiger partial charge is 0.395 e. The average molecular weight is 318 g/mol. The Morgan fingerprint density at radius 1 is 1.22 bits per heavy atom. The van der Waals surface area contributed by atoms with E-state index in [4.69, 9.17) is 10.8 Å². The Bertz CT molecular complexity index is 662. The first kappa shape index (κ1) is 15.6. The van der Waals surface area contributed by atoms with Crippen LogP contribution in [0, 0.1) is 5.82 Å². The van der Waals surface area contributed by atoms with E-state index >= 15 is 0 Å². The Labute approximate surface area is 133 Å². The molecule has 1 aliphatic carbocycles. The van der Waals surface area contributed by atoms with Crippen molar-refractivity contribution in [1.82, 2.24) is 19.9 Å². The minimum atomic E-state index is -0.310. The van der Waals surface area contributed by atoms with Gasteiger partial charge < -0.3 is 16.2 Å². The summed E-state index contributed by atoms with van der Waals surface area (Å²) in [7, 11) is 0. The molecule has 0 unspecified atom stereocenters. The maximum Gasteiger partial charge on any atom is 0.232 e. The van der Waals surface area contributed by atoms with Crippen molar-refractivity contribution in [3.63, 3.8) is 0 Å². The first-order valence-electron chi connectivity index (χ1n) is 7.52. The first-order chi connectivity index (χ1) is 11.1. The number of halogens is 1. The van der Waals surface area contributed by atoms with Crippen molar-refractivity contribution in [3.8, 4) is 0 Å². The lowest BCUT2D eigenvalue weighted by atomic mass is 10.3. The molecular formula is C15H19FN6O. The first-order valence-corrected chi connectivity index (χ1v) is 7.52. The molecule has 0 aliphatic heterocycles. The number of nitrogens with two attached hydrogens (primary N) is 1. The van der Waals surface area contributed by atoms with Crippen LogP contribution in [-0.2, 0) is 6.54 Å². The van der Waals surface area contributed by atoms with Gasteiger partial charge in [0.2, 0.25) is 11.9 Å². The van der Waals surface area contributed by atoms with Crippen LogP contribution in [0.2, 0.25) is 0 Å². The highest BCUT2D eigenvalue weighted by molar-refractivity contribution is 5.53. The van der Waals surface area contributed by atoms with Gasteiger partial charge in [0.1, 0.15) is 11.6 Å². The quantitative estimate of drug-likeness (QED) is 0.707. The standard InChI is InChI=1S/C15H19FN6O/c16-10-1-3-11(4-2-10)18-15-20-13(19-14(17)21-15)9-22(7-8-23)12-5-6-12/h1-4,12,23H,5-9H2,(H3,17,18,19,20,21). The van der Waals surface area contributed by atoms with Crippen LogP contribution in [0.3, 0.4) is 0 Å². The predicted octanol–water partition coefficient (Wildman–Crippen LogP) is 1.29. The van der Waals surface area contributed by atoms with E-state index < -0.39 is 0 Å². The number of nitrogen functional groups attached to an aromatic ring is 1. The normalized spacial score (nSPS) is 14.2. The van der Waals surface area contributed by atoms with E-state index in [-0.39, 0.29) is 18.4 Å². The molecule has 3 rings (SSSR count). The van der Waals surface area contributed by atoms with Gasteiger partial charge in [-0.1, -0.05) is 0 Å². The van der Waals surface area contributed by atoms with E-state index in [1.807, 2.05) is 0 Å². The summed E-state index contributed by atoms with van der Waals surface area (Å²) >= 11 is 0. The fourth-order valence-electron chi connectivity index (χ4n) is 2.37. The molecule has 0 bridgehead atoms. The van der Waals surface area contributed by atoms with Gasteiger partial charge in [0.05, 0.1) is 13.2 Å². The second kappa shape index (κ2) is 6.84. The number of nitrogens with one attached hydrogen (secondary N) is 1. The molecule has 8 heteroatoms. The van der Waals surface area contributed by atoms with Crippen molar-refractivity contribution in [2.45, 2.75) is 25.4 Å². The number of rotatable bonds is 7. The number of hydrogen-bond acceptors (Lipinski definition) is 7. The van der Waals surface area contributed by atoms with Gasteiger partial charge in [0, 0.05) is 18.3 Å². The zero-order valence-electron chi connectivity index (χ0n) is 12.6. The van der Waals surface area contributed by atoms with E-state index in [9.17, 15) is 4.39 Å². The Morgan fingerprint density at radius 2 is 1.96 bits per heavy atom. The maximum atomic E-state index is 12.9. The fraction of sp³-hybridized carbons (Fsp3) is 0.400. The van der Waals surface area contributed by atoms with Crippen LogP contribution in [0.1, 0.15) is 18.7 Å². The Kier molecular flexibility index (Phi) is 4.63. The van der Waals surface area contributed by atoms with Crippen LogP contribution in [0.4, 0.5) is 22.0 Å². The summed E-state index contributed by atoms with van der Waals surface area (Å²) in [6.07, 6.45) is 2.25. The molecule has 1 aromatic heterocycles. The van der Waals surface area contributed by atoms with Crippen LogP contribution < -0.4 is 11.1 Å². The summed E-state index contributed by atoms with van der Waals surface area (Å²) in [6.45, 7) is 1.19. The van der Waals surface area contributed by atoms with Crippen LogP contribution in [0.5, 0.6) is 0 Å². The van der Waals surface area contributed by atoms with Gasteiger partial charge in [-0.3, -0.25) is 4.90 Å². The number of anilines is 3.